The maximum atomic E-state index is 8.26. The van der Waals surface area contributed by atoms with Gasteiger partial charge in [0.1, 0.15) is 0 Å². The Morgan fingerprint density at radius 2 is 1.00 bits per heavy atom. The van der Waals surface area contributed by atoms with Gasteiger partial charge in [0.2, 0.25) is 0 Å². The van der Waals surface area contributed by atoms with E-state index in [0.29, 0.717) is 19.8 Å². The van der Waals surface area contributed by atoms with E-state index in [9.17, 15) is 0 Å². The molecule has 0 heterocycles. The maximum absolute atomic E-state index is 8.26. The zero-order valence-electron chi connectivity index (χ0n) is 1.63. The minimum absolute atomic E-state index is 0. The Labute approximate surface area is 50.3 Å². The van der Waals surface area contributed by atoms with Crippen LogP contribution in [0.5, 0.6) is 0 Å². The van der Waals surface area contributed by atoms with Crippen LogP contribution in [-0.4, -0.2) is 0 Å². The van der Waals surface area contributed by atoms with Crippen molar-refractivity contribution in [2.75, 3.05) is 0 Å². The Morgan fingerprint density at radius 1 is 1.00 bits per heavy atom. The Hall–Kier alpha value is 1.19. The standard InChI is InChI=1S/Mo.O.2S/q+4;;2*-2. The van der Waals surface area contributed by atoms with Crippen LogP contribution in [0.15, 0.2) is 0 Å². The third-order valence-corrected chi connectivity index (χ3v) is 0. The van der Waals surface area contributed by atoms with Crippen LogP contribution in [0.1, 0.15) is 0 Å². The largest absolute Gasteiger partial charge is 2.00 e. The quantitative estimate of drug-likeness (QED) is 0.470. The van der Waals surface area contributed by atoms with Crippen molar-refractivity contribution in [3.8, 4) is 0 Å². The minimum Gasteiger partial charge on any atom is -2.00 e. The molecule has 0 fully saturated rings. The van der Waals surface area contributed by atoms with Gasteiger partial charge in [0.05, 0.1) is 0 Å². The average molecular weight is 176 g/mol. The zero-order valence-corrected chi connectivity index (χ0v) is 5.27. The molecule has 0 rings (SSSR count). The van der Waals surface area contributed by atoms with E-state index in [1.54, 1.807) is 0 Å². The molecule has 4 heteroatoms. The summed E-state index contributed by atoms with van der Waals surface area (Å²) >= 11 is 0.700. The summed E-state index contributed by atoms with van der Waals surface area (Å²) in [6.07, 6.45) is 0. The molecule has 0 unspecified atom stereocenters. The molecule has 0 aromatic carbocycles. The van der Waals surface area contributed by atoms with Crippen molar-refractivity contribution in [2.45, 2.75) is 0 Å². The molecule has 0 bridgehead atoms. The van der Waals surface area contributed by atoms with E-state index in [2.05, 4.69) is 0 Å². The molecule has 0 aliphatic carbocycles. The predicted molar refractivity (Wildman–Crippen MR) is 15.4 cm³/mol. The summed E-state index contributed by atoms with van der Waals surface area (Å²) in [7, 11) is 0. The van der Waals surface area contributed by atoms with Gasteiger partial charge in [0.15, 0.2) is 0 Å². The van der Waals surface area contributed by atoms with Crippen LogP contribution in [0.2, 0.25) is 0 Å². The van der Waals surface area contributed by atoms with E-state index in [1.807, 2.05) is 0 Å². The van der Waals surface area contributed by atoms with Crippen LogP contribution >= 0.6 is 0 Å². The van der Waals surface area contributed by atoms with Gasteiger partial charge < -0.3 is 27.0 Å². The molecule has 0 aromatic rings. The van der Waals surface area contributed by atoms with E-state index in [0.717, 1.165) is 0 Å². The van der Waals surface area contributed by atoms with Crippen LogP contribution in [0, 0.1) is 0 Å². The van der Waals surface area contributed by atoms with Gasteiger partial charge >= 0.3 is 23.2 Å². The summed E-state index contributed by atoms with van der Waals surface area (Å²) in [6, 6.07) is 0. The normalized spacial score (nSPS) is 1.50. The van der Waals surface area contributed by atoms with Gasteiger partial charge in [-0.3, -0.25) is 0 Å². The third kappa shape index (κ3) is 10.8. The van der Waals surface area contributed by atoms with Crippen LogP contribution < -0.4 is 0 Å². The fraction of sp³-hybridized carbons (Fsp3) is 0. The molecule has 0 aliphatic heterocycles. The predicted octanol–water partition coefficient (Wildman–Crippen LogP) is -0.126. The van der Waals surface area contributed by atoms with Gasteiger partial charge in [-0.25, -0.2) is 0 Å². The first-order valence-corrected chi connectivity index (χ1v) is 0.986. The maximum Gasteiger partial charge on any atom is -2.00 e. The first-order chi connectivity index (χ1) is 1.00. The first kappa shape index (κ1) is 19.0. The van der Waals surface area contributed by atoms with Gasteiger partial charge in [-0.05, 0) is 0 Å². The van der Waals surface area contributed by atoms with Crippen molar-refractivity contribution in [1.29, 1.82) is 0 Å². The smallest absolute Gasteiger partial charge is 2.00 e. The van der Waals surface area contributed by atoms with E-state index >= 15 is 0 Å². The van der Waals surface area contributed by atoms with Crippen molar-refractivity contribution in [3.05, 3.63) is 0 Å². The summed E-state index contributed by atoms with van der Waals surface area (Å²) in [5.74, 6) is 0. The summed E-state index contributed by atoms with van der Waals surface area (Å²) in [5.41, 5.74) is 0. The molecule has 0 aliphatic rings. The molecule has 0 radical (unpaired) electrons. The van der Waals surface area contributed by atoms with Crippen molar-refractivity contribution < 1.29 is 23.2 Å². The van der Waals surface area contributed by atoms with E-state index in [-0.39, 0.29) is 27.0 Å². The van der Waals surface area contributed by atoms with Crippen LogP contribution in [-0.2, 0) is 50.2 Å². The molecule has 4 heavy (non-hydrogen) atoms. The number of hydrogen-bond acceptors (Lipinski definition) is 1. The molecular formula is MoOS2. The third-order valence-electron chi connectivity index (χ3n) is 0. The summed E-state index contributed by atoms with van der Waals surface area (Å²) in [4.78, 5) is 0. The molecular weight excluding hydrogens is 176 g/mol. The second-order valence-electron chi connectivity index (χ2n) is 0. The van der Waals surface area contributed by atoms with Crippen molar-refractivity contribution >= 4 is 27.0 Å². The number of rotatable bonds is 0. The molecule has 1 nitrogen and oxygen atoms in total. The van der Waals surface area contributed by atoms with Crippen LogP contribution in [0.4, 0.5) is 0 Å². The van der Waals surface area contributed by atoms with Crippen LogP contribution in [0.25, 0.3) is 0 Å². The Morgan fingerprint density at radius 3 is 1.00 bits per heavy atom. The zero-order chi connectivity index (χ0) is 2.00. The van der Waals surface area contributed by atoms with Gasteiger partial charge in [-0.15, -0.1) is 0 Å². The molecule has 0 spiro atoms. The molecule has 0 saturated heterocycles. The summed E-state index contributed by atoms with van der Waals surface area (Å²) < 4.78 is 8.26. The molecule has 0 saturated carbocycles. The van der Waals surface area contributed by atoms with E-state index in [1.165, 1.54) is 0 Å². The Bertz CT molecular complexity index is 6.00. The average Bonchev–Trinajstić information content (AvgIpc) is 1.00. The van der Waals surface area contributed by atoms with E-state index in [4.69, 9.17) is 3.40 Å². The topological polar surface area (TPSA) is 17.1 Å². The molecule has 0 aromatic heterocycles. The van der Waals surface area contributed by atoms with Crippen molar-refractivity contribution in [3.63, 3.8) is 0 Å². The summed E-state index contributed by atoms with van der Waals surface area (Å²) in [5, 5.41) is 0. The SMILES string of the molecule is [O]=[Mo+4].[S-2].[S-2]. The monoisotopic (exact) mass is 178 g/mol. The minimum atomic E-state index is 0. The number of hydrogen-bond donors (Lipinski definition) is 0. The molecule has 0 amide bonds. The van der Waals surface area contributed by atoms with Crippen LogP contribution in [0.3, 0.4) is 0 Å². The van der Waals surface area contributed by atoms with Crippen molar-refractivity contribution in [1.82, 2.24) is 0 Å². The Balaban J connectivity index is -0.00000000500. The second kappa shape index (κ2) is 30.2. The van der Waals surface area contributed by atoms with Gasteiger partial charge in [0, 0.05) is 0 Å². The second-order valence-corrected chi connectivity index (χ2v) is 0. The molecule has 0 atom stereocenters. The first-order valence-electron chi connectivity index (χ1n) is 0.167. The van der Waals surface area contributed by atoms with Crippen molar-refractivity contribution in [2.24, 2.45) is 0 Å². The molecule has 24 valence electrons. The van der Waals surface area contributed by atoms with Gasteiger partial charge in [0.25, 0.3) is 0 Å². The van der Waals surface area contributed by atoms with Gasteiger partial charge in [-0.2, -0.15) is 0 Å². The Kier molecular flexibility index (Phi) is 143. The molecule has 0 N–H and O–H groups in total. The summed E-state index contributed by atoms with van der Waals surface area (Å²) in [6.45, 7) is 0. The fourth-order valence-electron chi connectivity index (χ4n) is 0. The van der Waals surface area contributed by atoms with Gasteiger partial charge in [-0.1, -0.05) is 0 Å². The van der Waals surface area contributed by atoms with E-state index < -0.39 is 0 Å². The fourth-order valence-corrected chi connectivity index (χ4v) is 0.